The van der Waals surface area contributed by atoms with E-state index >= 15 is 0 Å². The Morgan fingerprint density at radius 3 is 2.39 bits per heavy atom. The molecule has 0 aromatic carbocycles. The quantitative estimate of drug-likeness (QED) is 0.0924. The Balaban J connectivity index is 1.47. The Morgan fingerprint density at radius 2 is 1.81 bits per heavy atom. The highest BCUT2D eigenvalue weighted by atomic mass is 28.3. The van der Waals surface area contributed by atoms with Gasteiger partial charge in [-0.2, -0.15) is 0 Å². The van der Waals surface area contributed by atoms with E-state index in [0.29, 0.717) is 31.6 Å². The van der Waals surface area contributed by atoms with Crippen molar-refractivity contribution in [1.29, 1.82) is 0 Å². The summed E-state index contributed by atoms with van der Waals surface area (Å²) in [6.45, 7) is 19.9. The van der Waals surface area contributed by atoms with Crippen LogP contribution in [0.2, 0.25) is 19.6 Å². The van der Waals surface area contributed by atoms with E-state index < -0.39 is 43.6 Å². The summed E-state index contributed by atoms with van der Waals surface area (Å²) in [6.07, 6.45) is 1.16. The third kappa shape index (κ3) is 5.83. The fraction of sp³-hybridized carbons (Fsp3) is 0.889. The van der Waals surface area contributed by atoms with E-state index in [-0.39, 0.29) is 36.1 Å². The van der Waals surface area contributed by atoms with Crippen molar-refractivity contribution in [3.8, 4) is 0 Å². The number of hydrogen-bond donors (Lipinski definition) is 0. The lowest BCUT2D eigenvalue weighted by atomic mass is 9.64. The summed E-state index contributed by atoms with van der Waals surface area (Å²) in [6, 6.07) is 0. The summed E-state index contributed by atoms with van der Waals surface area (Å²) in [7, 11) is -1.62. The molecule has 0 radical (unpaired) electrons. The van der Waals surface area contributed by atoms with Crippen molar-refractivity contribution < 1.29 is 38.1 Å². The SMILES string of the molecule is CC(C)CC(C)(COCOCC(=O)OC1C2CC3C1OC(=O)C3(C(=O)OC[Si](C)(C)C)C2)C(C)(C)C. The van der Waals surface area contributed by atoms with Crippen molar-refractivity contribution in [2.75, 3.05) is 26.2 Å². The second kappa shape index (κ2) is 10.4. The minimum Gasteiger partial charge on any atom is -0.469 e. The zero-order chi connectivity index (χ0) is 27.1. The fourth-order valence-corrected chi connectivity index (χ4v) is 6.53. The molecular weight excluding hydrogens is 480 g/mol. The van der Waals surface area contributed by atoms with Crippen molar-refractivity contribution in [1.82, 2.24) is 0 Å². The van der Waals surface area contributed by atoms with E-state index in [9.17, 15) is 14.4 Å². The Labute approximate surface area is 217 Å². The minimum atomic E-state index is -1.62. The third-order valence-electron chi connectivity index (χ3n) is 8.31. The number of ether oxygens (including phenoxy) is 5. The van der Waals surface area contributed by atoms with Crippen LogP contribution in [0.3, 0.4) is 0 Å². The molecule has 36 heavy (non-hydrogen) atoms. The van der Waals surface area contributed by atoms with Gasteiger partial charge in [0, 0.05) is 11.8 Å². The van der Waals surface area contributed by atoms with Crippen LogP contribution in [0.1, 0.15) is 60.8 Å². The van der Waals surface area contributed by atoms with Crippen molar-refractivity contribution in [2.24, 2.45) is 34.0 Å². The van der Waals surface area contributed by atoms with Crippen LogP contribution in [0.4, 0.5) is 0 Å². The topological polar surface area (TPSA) is 97.4 Å². The maximum Gasteiger partial charge on any atom is 0.332 e. The third-order valence-corrected chi connectivity index (χ3v) is 9.32. The Bertz CT molecular complexity index is 844. The highest BCUT2D eigenvalue weighted by molar-refractivity contribution is 6.76. The van der Waals surface area contributed by atoms with Crippen LogP contribution in [0.25, 0.3) is 0 Å². The largest absolute Gasteiger partial charge is 0.469 e. The van der Waals surface area contributed by atoms with Crippen molar-refractivity contribution in [3.05, 3.63) is 0 Å². The van der Waals surface area contributed by atoms with Crippen LogP contribution in [0, 0.1) is 34.0 Å². The van der Waals surface area contributed by atoms with Gasteiger partial charge in [0.05, 0.1) is 20.9 Å². The normalized spacial score (nSPS) is 30.9. The van der Waals surface area contributed by atoms with Crippen molar-refractivity contribution >= 4 is 26.0 Å². The summed E-state index contributed by atoms with van der Waals surface area (Å²) in [5.41, 5.74) is -1.20. The molecular formula is C27H46O8Si. The van der Waals surface area contributed by atoms with Gasteiger partial charge in [-0.3, -0.25) is 9.59 Å². The number of carbonyl (C=O) groups excluding carboxylic acids is 3. The Kier molecular flexibility index (Phi) is 8.38. The standard InChI is InChI=1S/C27H46O8Si/c1-17(2)11-26(6,25(3,4)5)14-32-15-31-13-20(28)34-21-18-10-19-22(21)35-24(30)27(19,12-18)23(29)33-16-36(7,8)9/h17-19,21-22H,10-16H2,1-9H3. The van der Waals surface area contributed by atoms with Crippen molar-refractivity contribution in [3.63, 3.8) is 0 Å². The van der Waals surface area contributed by atoms with Crippen LogP contribution in [-0.4, -0.2) is 64.4 Å². The van der Waals surface area contributed by atoms with E-state index in [1.807, 2.05) is 0 Å². The lowest BCUT2D eigenvalue weighted by Crippen LogP contribution is -2.47. The predicted octanol–water partition coefficient (Wildman–Crippen LogP) is 4.36. The Morgan fingerprint density at radius 1 is 1.14 bits per heavy atom. The van der Waals surface area contributed by atoms with Gasteiger partial charge in [-0.1, -0.05) is 61.2 Å². The molecule has 1 heterocycles. The molecule has 0 aromatic heterocycles. The molecule has 2 aliphatic carbocycles. The molecule has 1 aliphatic heterocycles. The first kappa shape index (κ1) is 29.1. The molecule has 3 aliphatic rings. The van der Waals surface area contributed by atoms with Gasteiger partial charge in [0.2, 0.25) is 0 Å². The van der Waals surface area contributed by atoms with E-state index in [1.54, 1.807) is 0 Å². The van der Waals surface area contributed by atoms with Crippen LogP contribution < -0.4 is 0 Å². The maximum atomic E-state index is 13.0. The molecule has 0 aromatic rings. The molecule has 3 fully saturated rings. The van der Waals surface area contributed by atoms with Crippen molar-refractivity contribution in [2.45, 2.75) is 92.7 Å². The predicted molar refractivity (Wildman–Crippen MR) is 136 cm³/mol. The number of fused-ring (bicyclic) bond motifs is 1. The maximum absolute atomic E-state index is 13.0. The average molecular weight is 527 g/mol. The number of carbonyl (C=O) groups is 3. The summed E-state index contributed by atoms with van der Waals surface area (Å²) in [5, 5.41) is 0. The molecule has 2 bridgehead atoms. The average Bonchev–Trinajstić information content (AvgIpc) is 3.32. The minimum absolute atomic E-state index is 0.0000419. The molecule has 206 valence electrons. The van der Waals surface area contributed by atoms with E-state index in [4.69, 9.17) is 23.7 Å². The van der Waals surface area contributed by atoms with Crippen LogP contribution in [0.5, 0.6) is 0 Å². The first-order valence-corrected chi connectivity index (χ1v) is 16.9. The van der Waals surface area contributed by atoms with Crippen LogP contribution in [-0.2, 0) is 38.1 Å². The highest BCUT2D eigenvalue weighted by Crippen LogP contribution is 2.63. The number of esters is 3. The van der Waals surface area contributed by atoms with Gasteiger partial charge < -0.3 is 23.7 Å². The van der Waals surface area contributed by atoms with Gasteiger partial charge in [-0.05, 0) is 36.0 Å². The molecule has 0 N–H and O–H groups in total. The molecule has 6 atom stereocenters. The number of hydrogen-bond acceptors (Lipinski definition) is 8. The molecule has 0 amide bonds. The smallest absolute Gasteiger partial charge is 0.332 e. The van der Waals surface area contributed by atoms with Gasteiger partial charge in [0.1, 0.15) is 25.6 Å². The van der Waals surface area contributed by atoms with E-state index in [0.717, 1.165) is 6.42 Å². The lowest BCUT2D eigenvalue weighted by Gasteiger charge is -2.43. The van der Waals surface area contributed by atoms with E-state index in [1.165, 1.54) is 0 Å². The highest BCUT2D eigenvalue weighted by Gasteiger charge is 2.75. The fourth-order valence-electron chi connectivity index (χ4n) is 5.96. The summed E-state index contributed by atoms with van der Waals surface area (Å²) in [5.74, 6) is -1.40. The van der Waals surface area contributed by atoms with Gasteiger partial charge in [0.25, 0.3) is 0 Å². The monoisotopic (exact) mass is 526 g/mol. The summed E-state index contributed by atoms with van der Waals surface area (Å²) in [4.78, 5) is 38.2. The lowest BCUT2D eigenvalue weighted by molar-refractivity contribution is -0.172. The molecule has 1 saturated heterocycles. The van der Waals surface area contributed by atoms with Gasteiger partial charge in [-0.15, -0.1) is 0 Å². The van der Waals surface area contributed by atoms with Gasteiger partial charge >= 0.3 is 17.9 Å². The van der Waals surface area contributed by atoms with Gasteiger partial charge in [-0.25, -0.2) is 4.79 Å². The zero-order valence-electron chi connectivity index (χ0n) is 23.6. The first-order chi connectivity index (χ1) is 16.5. The van der Waals surface area contributed by atoms with Gasteiger partial charge in [0.15, 0.2) is 5.41 Å². The van der Waals surface area contributed by atoms with E-state index in [2.05, 4.69) is 61.2 Å². The molecule has 0 spiro atoms. The molecule has 2 saturated carbocycles. The molecule has 8 nitrogen and oxygen atoms in total. The first-order valence-electron chi connectivity index (χ1n) is 13.2. The second-order valence-corrected chi connectivity index (χ2v) is 19.4. The number of rotatable bonds is 12. The molecule has 9 heteroatoms. The zero-order valence-corrected chi connectivity index (χ0v) is 24.6. The van der Waals surface area contributed by atoms with Crippen LogP contribution >= 0.6 is 0 Å². The molecule has 6 unspecified atom stereocenters. The van der Waals surface area contributed by atoms with Crippen LogP contribution in [0.15, 0.2) is 0 Å². The summed E-state index contributed by atoms with van der Waals surface area (Å²) >= 11 is 0. The molecule has 3 rings (SSSR count). The summed E-state index contributed by atoms with van der Waals surface area (Å²) < 4.78 is 28.1. The Hall–Kier alpha value is -1.45. The second-order valence-electron chi connectivity index (χ2n) is 14.0.